The van der Waals surface area contributed by atoms with Crippen molar-refractivity contribution < 1.29 is 24.6 Å². The minimum atomic E-state index is -2.02. The zero-order chi connectivity index (χ0) is 17.1. The Hall–Kier alpha value is -1.63. The Morgan fingerprint density at radius 1 is 1.36 bits per heavy atom. The van der Waals surface area contributed by atoms with Crippen molar-refractivity contribution in [3.63, 3.8) is 0 Å². The molecule has 1 rings (SSSR count). The number of carboxylic acids is 1. The van der Waals surface area contributed by atoms with Gasteiger partial charge in [0.15, 0.2) is 5.78 Å². The van der Waals surface area contributed by atoms with E-state index >= 15 is 0 Å². The molecule has 1 aromatic carbocycles. The molecule has 0 unspecified atom stereocenters. The van der Waals surface area contributed by atoms with Gasteiger partial charge in [0.2, 0.25) is 5.54 Å². The summed E-state index contributed by atoms with van der Waals surface area (Å²) in [5.41, 5.74) is -0.327. The highest BCUT2D eigenvalue weighted by Crippen LogP contribution is 2.36. The summed E-state index contributed by atoms with van der Waals surface area (Å²) in [7, 11) is 1.28. The van der Waals surface area contributed by atoms with Crippen molar-refractivity contribution in [1.82, 2.24) is 0 Å². The van der Waals surface area contributed by atoms with E-state index in [9.17, 15) is 19.8 Å². The summed E-state index contributed by atoms with van der Waals surface area (Å²) in [6, 6.07) is 3.40. The molecule has 7 heteroatoms. The zero-order valence-electron chi connectivity index (χ0n) is 13.0. The number of hydrogen-bond donors (Lipinski definition) is 2. The van der Waals surface area contributed by atoms with Gasteiger partial charge in [0, 0.05) is 18.1 Å². The fourth-order valence-corrected chi connectivity index (χ4v) is 2.64. The fourth-order valence-electron chi connectivity index (χ4n) is 2.49. The molecule has 6 nitrogen and oxygen atoms in total. The predicted octanol–water partition coefficient (Wildman–Crippen LogP) is 2.12. The molecule has 0 bridgehead atoms. The number of carbonyl (C=O) groups is 2. The normalized spacial score (nSPS) is 13.5. The second kappa shape index (κ2) is 7.09. The van der Waals surface area contributed by atoms with Gasteiger partial charge in [-0.25, -0.2) is 9.86 Å². The highest BCUT2D eigenvalue weighted by molar-refractivity contribution is 6.31. The summed E-state index contributed by atoms with van der Waals surface area (Å²) in [5, 5.41) is 20.4. The number of rotatable bonds is 7. The second-order valence-corrected chi connectivity index (χ2v) is 5.42. The lowest BCUT2D eigenvalue weighted by atomic mass is 9.89. The molecule has 0 saturated carbocycles. The Labute approximate surface area is 134 Å². The SMILES string of the molecule is CON(c1c(C)ccc(Cl)c1C)[C@](CCO)(C(C)=O)C(=O)O. The molecule has 0 fully saturated rings. The number of carboxylic acid groups (broad SMARTS) is 1. The van der Waals surface area contributed by atoms with Crippen molar-refractivity contribution in [2.45, 2.75) is 32.7 Å². The molecule has 0 aliphatic carbocycles. The van der Waals surface area contributed by atoms with Crippen LogP contribution in [0.25, 0.3) is 0 Å². The molecule has 0 aliphatic rings. The van der Waals surface area contributed by atoms with E-state index in [4.69, 9.17) is 16.4 Å². The van der Waals surface area contributed by atoms with Crippen LogP contribution in [0.1, 0.15) is 24.5 Å². The third-order valence-corrected chi connectivity index (χ3v) is 4.12. The quantitative estimate of drug-likeness (QED) is 0.588. The number of halogens is 1. The molecular formula is C15H20ClNO5. The molecule has 22 heavy (non-hydrogen) atoms. The zero-order valence-corrected chi connectivity index (χ0v) is 13.8. The van der Waals surface area contributed by atoms with Crippen molar-refractivity contribution in [3.05, 3.63) is 28.3 Å². The lowest BCUT2D eigenvalue weighted by Crippen LogP contribution is -2.60. The van der Waals surface area contributed by atoms with Crippen LogP contribution in [0.4, 0.5) is 5.69 Å². The number of aliphatic carboxylic acids is 1. The lowest BCUT2D eigenvalue weighted by molar-refractivity contribution is -0.152. The fraction of sp³-hybridized carbons (Fsp3) is 0.467. The van der Waals surface area contributed by atoms with E-state index in [1.165, 1.54) is 7.11 Å². The average molecular weight is 330 g/mol. The van der Waals surface area contributed by atoms with Crippen LogP contribution in [0.3, 0.4) is 0 Å². The molecular weight excluding hydrogens is 310 g/mol. The van der Waals surface area contributed by atoms with Crippen LogP contribution in [0.5, 0.6) is 0 Å². The summed E-state index contributed by atoms with van der Waals surface area (Å²) in [4.78, 5) is 29.2. The van der Waals surface area contributed by atoms with E-state index in [1.807, 2.05) is 0 Å². The number of nitrogens with zero attached hydrogens (tertiary/aromatic N) is 1. The molecule has 0 radical (unpaired) electrons. The molecule has 1 aromatic rings. The summed E-state index contributed by atoms with van der Waals surface area (Å²) in [5.74, 6) is -2.04. The van der Waals surface area contributed by atoms with Crippen LogP contribution < -0.4 is 5.06 Å². The van der Waals surface area contributed by atoms with Crippen molar-refractivity contribution in [2.24, 2.45) is 0 Å². The van der Waals surface area contributed by atoms with E-state index in [0.717, 1.165) is 12.0 Å². The van der Waals surface area contributed by atoms with Crippen LogP contribution in [0, 0.1) is 13.8 Å². The number of hydrogen-bond acceptors (Lipinski definition) is 5. The molecule has 0 aromatic heterocycles. The van der Waals surface area contributed by atoms with Gasteiger partial charge < -0.3 is 10.2 Å². The lowest BCUT2D eigenvalue weighted by Gasteiger charge is -2.39. The molecule has 0 spiro atoms. The summed E-state index contributed by atoms with van der Waals surface area (Å²) < 4.78 is 0. The number of aliphatic hydroxyl groups is 1. The summed E-state index contributed by atoms with van der Waals surface area (Å²) >= 11 is 6.11. The number of carbonyl (C=O) groups excluding carboxylic acids is 1. The molecule has 2 N–H and O–H groups in total. The van der Waals surface area contributed by atoms with Crippen molar-refractivity contribution in [3.8, 4) is 0 Å². The Morgan fingerprint density at radius 3 is 2.36 bits per heavy atom. The number of aryl methyl sites for hydroxylation is 1. The Balaban J connectivity index is 3.67. The number of Topliss-reactive ketones (excluding diaryl/α,β-unsaturated/α-hetero) is 1. The summed E-state index contributed by atoms with van der Waals surface area (Å²) in [6.07, 6.45) is -0.309. The smallest absolute Gasteiger partial charge is 0.339 e. The van der Waals surface area contributed by atoms with Gasteiger partial charge in [-0.1, -0.05) is 17.7 Å². The maximum absolute atomic E-state index is 12.1. The number of aliphatic hydroxyl groups excluding tert-OH is 1. The molecule has 0 saturated heterocycles. The summed E-state index contributed by atoms with van der Waals surface area (Å²) in [6.45, 7) is 4.15. The highest BCUT2D eigenvalue weighted by Gasteiger charge is 2.50. The first kappa shape index (κ1) is 18.4. The maximum Gasteiger partial charge on any atom is 0.339 e. The molecule has 0 amide bonds. The average Bonchev–Trinajstić information content (AvgIpc) is 2.45. The standard InChI is InChI=1S/C15H20ClNO5/c1-9-5-6-12(16)10(2)13(9)17(22-4)15(7-8-18,11(3)19)14(20)21/h5-6,18H,7-8H2,1-4H3,(H,20,21)/t15-/m1/s1. The number of benzene rings is 1. The van der Waals surface area contributed by atoms with E-state index in [-0.39, 0.29) is 6.42 Å². The van der Waals surface area contributed by atoms with Gasteiger partial charge in [0.05, 0.1) is 12.8 Å². The Kier molecular flexibility index (Phi) is 5.93. The Bertz CT molecular complexity index is 574. The monoisotopic (exact) mass is 329 g/mol. The van der Waals surface area contributed by atoms with Gasteiger partial charge in [0.25, 0.3) is 0 Å². The van der Waals surface area contributed by atoms with Crippen LogP contribution in [0.2, 0.25) is 5.02 Å². The van der Waals surface area contributed by atoms with Gasteiger partial charge in [-0.15, -0.1) is 0 Å². The molecule has 0 aliphatic heterocycles. The highest BCUT2D eigenvalue weighted by atomic mass is 35.5. The molecule has 1 atom stereocenters. The van der Waals surface area contributed by atoms with Gasteiger partial charge in [0.1, 0.15) is 0 Å². The number of hydroxylamine groups is 1. The minimum Gasteiger partial charge on any atom is -0.479 e. The van der Waals surface area contributed by atoms with Crippen LogP contribution in [-0.2, 0) is 14.4 Å². The van der Waals surface area contributed by atoms with Crippen LogP contribution in [0.15, 0.2) is 12.1 Å². The largest absolute Gasteiger partial charge is 0.479 e. The van der Waals surface area contributed by atoms with Crippen molar-refractivity contribution in [1.29, 1.82) is 0 Å². The topological polar surface area (TPSA) is 87.1 Å². The predicted molar refractivity (Wildman–Crippen MR) is 83.2 cm³/mol. The molecule has 0 heterocycles. The third kappa shape index (κ3) is 2.95. The second-order valence-electron chi connectivity index (χ2n) is 5.01. The Morgan fingerprint density at radius 2 is 1.95 bits per heavy atom. The van der Waals surface area contributed by atoms with Crippen LogP contribution in [-0.4, -0.2) is 41.2 Å². The number of ketones is 1. The maximum atomic E-state index is 12.1. The van der Waals surface area contributed by atoms with E-state index < -0.39 is 23.9 Å². The number of anilines is 1. The van der Waals surface area contributed by atoms with Gasteiger partial charge >= 0.3 is 5.97 Å². The van der Waals surface area contributed by atoms with E-state index in [1.54, 1.807) is 26.0 Å². The van der Waals surface area contributed by atoms with Crippen molar-refractivity contribution >= 4 is 29.0 Å². The first-order valence-corrected chi connectivity index (χ1v) is 7.07. The third-order valence-electron chi connectivity index (χ3n) is 3.71. The minimum absolute atomic E-state index is 0.309. The van der Waals surface area contributed by atoms with Crippen molar-refractivity contribution in [2.75, 3.05) is 18.8 Å². The van der Waals surface area contributed by atoms with Crippen LogP contribution >= 0.6 is 11.6 Å². The van der Waals surface area contributed by atoms with E-state index in [2.05, 4.69) is 0 Å². The molecule has 122 valence electrons. The van der Waals surface area contributed by atoms with Gasteiger partial charge in [-0.3, -0.25) is 9.63 Å². The van der Waals surface area contributed by atoms with E-state index in [0.29, 0.717) is 21.8 Å². The first-order valence-electron chi connectivity index (χ1n) is 6.69. The first-order chi connectivity index (χ1) is 10.2. The van der Waals surface area contributed by atoms with Gasteiger partial charge in [-0.2, -0.15) is 0 Å². The van der Waals surface area contributed by atoms with Gasteiger partial charge in [-0.05, 0) is 38.0 Å².